The molecule has 0 spiro atoms. The predicted octanol–water partition coefficient (Wildman–Crippen LogP) is 1.49. The molecule has 0 heterocycles. The van der Waals surface area contributed by atoms with Gasteiger partial charge < -0.3 is 15.2 Å². The molecule has 0 aliphatic carbocycles. The Morgan fingerprint density at radius 2 is 2.25 bits per heavy atom. The fourth-order valence-electron chi connectivity index (χ4n) is 1.78. The van der Waals surface area contributed by atoms with Crippen LogP contribution in [0.25, 0.3) is 0 Å². The van der Waals surface area contributed by atoms with E-state index in [-0.39, 0.29) is 29.6 Å². The number of hydrogen-bond donors (Lipinski definition) is 2. The summed E-state index contributed by atoms with van der Waals surface area (Å²) in [6, 6.07) is 3.88. The molecule has 0 aliphatic rings. The number of carbonyl (C=O) groups excluding carboxylic acids is 1. The molecule has 1 atom stereocenters. The van der Waals surface area contributed by atoms with E-state index in [1.165, 1.54) is 25.3 Å². The number of aliphatic hydroxyl groups is 1. The SMILES string of the molecule is CCC(CCO)NC(=O)c1ccc(OC)c([N+](=O)[O-])c1. The molecule has 1 amide bonds. The third-order valence-corrected chi connectivity index (χ3v) is 2.94. The van der Waals surface area contributed by atoms with Gasteiger partial charge in [0, 0.05) is 24.3 Å². The van der Waals surface area contributed by atoms with Gasteiger partial charge in [-0.3, -0.25) is 14.9 Å². The zero-order valence-electron chi connectivity index (χ0n) is 11.5. The summed E-state index contributed by atoms with van der Waals surface area (Å²) in [5.41, 5.74) is -0.0655. The summed E-state index contributed by atoms with van der Waals surface area (Å²) in [6.07, 6.45) is 1.12. The van der Waals surface area contributed by atoms with Gasteiger partial charge in [-0.15, -0.1) is 0 Å². The van der Waals surface area contributed by atoms with E-state index in [2.05, 4.69) is 5.32 Å². The summed E-state index contributed by atoms with van der Waals surface area (Å²) in [6.45, 7) is 1.86. The largest absolute Gasteiger partial charge is 0.490 e. The van der Waals surface area contributed by atoms with Crippen LogP contribution < -0.4 is 10.1 Å². The number of carbonyl (C=O) groups is 1. The predicted molar refractivity (Wildman–Crippen MR) is 72.9 cm³/mol. The highest BCUT2D eigenvalue weighted by Gasteiger charge is 2.19. The molecule has 0 aromatic heterocycles. The third kappa shape index (κ3) is 3.92. The van der Waals surface area contributed by atoms with Crippen LogP contribution in [0.3, 0.4) is 0 Å². The van der Waals surface area contributed by atoms with Crippen molar-refractivity contribution in [3.8, 4) is 5.75 Å². The van der Waals surface area contributed by atoms with E-state index in [1.807, 2.05) is 6.92 Å². The summed E-state index contributed by atoms with van der Waals surface area (Å²) in [7, 11) is 1.33. The second-order valence-electron chi connectivity index (χ2n) is 4.23. The average molecular weight is 282 g/mol. The Bertz CT molecular complexity index is 490. The minimum atomic E-state index is -0.597. The fraction of sp³-hybridized carbons (Fsp3) is 0.462. The van der Waals surface area contributed by atoms with Gasteiger partial charge in [0.2, 0.25) is 0 Å². The Labute approximate surface area is 116 Å². The molecule has 7 nitrogen and oxygen atoms in total. The molecule has 1 aromatic rings. The van der Waals surface area contributed by atoms with Gasteiger partial charge in [0.25, 0.3) is 5.91 Å². The molecule has 2 N–H and O–H groups in total. The number of nitro benzene ring substituents is 1. The summed E-state index contributed by atoms with van der Waals surface area (Å²) < 4.78 is 4.88. The first-order valence-corrected chi connectivity index (χ1v) is 6.27. The minimum Gasteiger partial charge on any atom is -0.490 e. The Kier molecular flexibility index (Phi) is 5.92. The average Bonchev–Trinajstić information content (AvgIpc) is 2.45. The van der Waals surface area contributed by atoms with E-state index in [0.717, 1.165) is 0 Å². The number of aliphatic hydroxyl groups excluding tert-OH is 1. The fourth-order valence-corrected chi connectivity index (χ4v) is 1.78. The quantitative estimate of drug-likeness (QED) is 0.582. The number of methoxy groups -OCH3 is 1. The third-order valence-electron chi connectivity index (χ3n) is 2.94. The van der Waals surface area contributed by atoms with Crippen molar-refractivity contribution in [1.29, 1.82) is 0 Å². The lowest BCUT2D eigenvalue weighted by molar-refractivity contribution is -0.385. The lowest BCUT2D eigenvalue weighted by atomic mass is 10.1. The first-order valence-electron chi connectivity index (χ1n) is 6.27. The van der Waals surface area contributed by atoms with Gasteiger partial charge in [-0.25, -0.2) is 0 Å². The lowest BCUT2D eigenvalue weighted by Gasteiger charge is -2.15. The van der Waals surface area contributed by atoms with E-state index in [9.17, 15) is 14.9 Å². The molecule has 0 bridgehead atoms. The maximum absolute atomic E-state index is 12.0. The lowest BCUT2D eigenvalue weighted by Crippen LogP contribution is -2.35. The zero-order valence-corrected chi connectivity index (χ0v) is 11.5. The highest BCUT2D eigenvalue weighted by Crippen LogP contribution is 2.27. The van der Waals surface area contributed by atoms with Gasteiger partial charge in [-0.05, 0) is 25.0 Å². The number of benzene rings is 1. The van der Waals surface area contributed by atoms with E-state index < -0.39 is 10.8 Å². The van der Waals surface area contributed by atoms with Gasteiger partial charge in [-0.2, -0.15) is 0 Å². The topological polar surface area (TPSA) is 102 Å². The highest BCUT2D eigenvalue weighted by atomic mass is 16.6. The van der Waals surface area contributed by atoms with Crippen molar-refractivity contribution >= 4 is 11.6 Å². The number of nitro groups is 1. The number of hydrogen-bond acceptors (Lipinski definition) is 5. The molecule has 110 valence electrons. The maximum atomic E-state index is 12.0. The van der Waals surface area contributed by atoms with Crippen LogP contribution in [0.5, 0.6) is 5.75 Å². The standard InChI is InChI=1S/C13H18N2O5/c1-3-10(6-7-16)14-13(17)9-4-5-12(20-2)11(8-9)15(18)19/h4-5,8,10,16H,3,6-7H2,1-2H3,(H,14,17). The van der Waals surface area contributed by atoms with Gasteiger partial charge in [0.05, 0.1) is 12.0 Å². The molecular weight excluding hydrogens is 264 g/mol. The van der Waals surface area contributed by atoms with Crippen LogP contribution in [0.15, 0.2) is 18.2 Å². The van der Waals surface area contributed by atoms with Gasteiger partial charge in [-0.1, -0.05) is 6.92 Å². The van der Waals surface area contributed by atoms with Crippen LogP contribution in [0, 0.1) is 10.1 Å². The maximum Gasteiger partial charge on any atom is 0.311 e. The molecule has 0 saturated carbocycles. The van der Waals surface area contributed by atoms with E-state index in [1.54, 1.807) is 0 Å². The van der Waals surface area contributed by atoms with Crippen molar-refractivity contribution in [2.75, 3.05) is 13.7 Å². The highest BCUT2D eigenvalue weighted by molar-refractivity contribution is 5.95. The van der Waals surface area contributed by atoms with Crippen molar-refractivity contribution in [3.63, 3.8) is 0 Å². The van der Waals surface area contributed by atoms with Crippen LogP contribution in [-0.2, 0) is 0 Å². The van der Waals surface area contributed by atoms with Crippen molar-refractivity contribution < 1.29 is 19.6 Å². The Hall–Kier alpha value is -2.15. The van der Waals surface area contributed by atoms with Crippen molar-refractivity contribution in [2.24, 2.45) is 0 Å². The number of nitrogens with zero attached hydrogens (tertiary/aromatic N) is 1. The molecule has 0 saturated heterocycles. The van der Waals surface area contributed by atoms with Crippen molar-refractivity contribution in [3.05, 3.63) is 33.9 Å². The zero-order chi connectivity index (χ0) is 15.1. The first kappa shape index (κ1) is 15.9. The second-order valence-corrected chi connectivity index (χ2v) is 4.23. The Morgan fingerprint density at radius 3 is 2.75 bits per heavy atom. The van der Waals surface area contributed by atoms with Gasteiger partial charge >= 0.3 is 5.69 Å². The summed E-state index contributed by atoms with van der Waals surface area (Å²) in [4.78, 5) is 22.3. The van der Waals surface area contributed by atoms with Crippen LogP contribution in [0.4, 0.5) is 5.69 Å². The van der Waals surface area contributed by atoms with Crippen molar-refractivity contribution in [1.82, 2.24) is 5.32 Å². The Morgan fingerprint density at radius 1 is 1.55 bits per heavy atom. The van der Waals surface area contributed by atoms with Crippen LogP contribution in [0.2, 0.25) is 0 Å². The number of rotatable bonds is 7. The van der Waals surface area contributed by atoms with Crippen LogP contribution in [0.1, 0.15) is 30.1 Å². The molecule has 1 unspecified atom stereocenters. The van der Waals surface area contributed by atoms with Gasteiger partial charge in [0.1, 0.15) is 0 Å². The molecule has 7 heteroatoms. The number of ether oxygens (including phenoxy) is 1. The number of amides is 1. The molecule has 0 aliphatic heterocycles. The summed E-state index contributed by atoms with van der Waals surface area (Å²) in [5, 5.41) is 22.5. The molecule has 1 rings (SSSR count). The molecule has 0 radical (unpaired) electrons. The van der Waals surface area contributed by atoms with E-state index in [4.69, 9.17) is 9.84 Å². The van der Waals surface area contributed by atoms with Crippen LogP contribution >= 0.6 is 0 Å². The first-order chi connectivity index (χ1) is 9.53. The molecular formula is C13H18N2O5. The molecule has 0 fully saturated rings. The molecule has 20 heavy (non-hydrogen) atoms. The molecule has 1 aromatic carbocycles. The van der Waals surface area contributed by atoms with Crippen molar-refractivity contribution in [2.45, 2.75) is 25.8 Å². The van der Waals surface area contributed by atoms with E-state index >= 15 is 0 Å². The summed E-state index contributed by atoms with van der Waals surface area (Å²) in [5.74, 6) is -0.301. The van der Waals surface area contributed by atoms with Crippen LogP contribution in [-0.4, -0.2) is 35.7 Å². The van der Waals surface area contributed by atoms with Gasteiger partial charge in [0.15, 0.2) is 5.75 Å². The number of nitrogens with one attached hydrogen (secondary N) is 1. The minimum absolute atomic E-state index is 0.0262. The monoisotopic (exact) mass is 282 g/mol. The second kappa shape index (κ2) is 7.44. The Balaban J connectivity index is 2.93. The normalized spacial score (nSPS) is 11.8. The smallest absolute Gasteiger partial charge is 0.311 e. The van der Waals surface area contributed by atoms with E-state index in [0.29, 0.717) is 12.8 Å². The summed E-state index contributed by atoms with van der Waals surface area (Å²) >= 11 is 0.